The van der Waals surface area contributed by atoms with Crippen LogP contribution >= 0.6 is 0 Å². The number of carbonyl (C=O) groups is 2. The average molecular weight is 332 g/mol. The van der Waals surface area contributed by atoms with Crippen LogP contribution in [0.2, 0.25) is 0 Å². The molecule has 0 fully saturated rings. The molecule has 0 bridgehead atoms. The summed E-state index contributed by atoms with van der Waals surface area (Å²) in [4.78, 5) is 23.5. The lowest BCUT2D eigenvalue weighted by atomic mass is 10.2. The van der Waals surface area contributed by atoms with Gasteiger partial charge in [-0.1, -0.05) is 6.07 Å². The molecule has 0 atom stereocenters. The van der Waals surface area contributed by atoms with Gasteiger partial charge in [-0.2, -0.15) is 0 Å². The standard InChI is InChI=1S/C17H17FN2O4/c1-11-3-8-14(15(9-11)23-2)24-10-16(21)19-20-17(22)12-4-6-13(18)7-5-12/h3-9H,10H2,1-2H3,(H,19,21)(H,20,22). The zero-order valence-corrected chi connectivity index (χ0v) is 13.3. The molecule has 0 saturated heterocycles. The van der Waals surface area contributed by atoms with E-state index in [2.05, 4.69) is 10.9 Å². The Bertz CT molecular complexity index is 732. The van der Waals surface area contributed by atoms with Crippen molar-refractivity contribution in [2.45, 2.75) is 6.92 Å². The maximum absolute atomic E-state index is 12.8. The highest BCUT2D eigenvalue weighted by atomic mass is 19.1. The van der Waals surface area contributed by atoms with Gasteiger partial charge in [-0.3, -0.25) is 20.4 Å². The predicted octanol–water partition coefficient (Wildman–Crippen LogP) is 1.98. The summed E-state index contributed by atoms with van der Waals surface area (Å²) in [6.45, 7) is 1.60. The van der Waals surface area contributed by atoms with Crippen molar-refractivity contribution in [2.75, 3.05) is 13.7 Å². The number of hydrogen-bond acceptors (Lipinski definition) is 4. The summed E-state index contributed by atoms with van der Waals surface area (Å²) < 4.78 is 23.3. The lowest BCUT2D eigenvalue weighted by Crippen LogP contribution is -2.43. The third kappa shape index (κ3) is 4.70. The molecule has 6 nitrogen and oxygen atoms in total. The molecule has 0 unspecified atom stereocenters. The number of benzene rings is 2. The van der Waals surface area contributed by atoms with E-state index in [1.54, 1.807) is 12.1 Å². The Kier molecular flexibility index (Phi) is 5.73. The molecule has 2 amide bonds. The largest absolute Gasteiger partial charge is 0.493 e. The second kappa shape index (κ2) is 7.96. The Hall–Kier alpha value is -3.09. The molecule has 0 saturated carbocycles. The van der Waals surface area contributed by atoms with Crippen LogP contribution in [0.4, 0.5) is 4.39 Å². The summed E-state index contributed by atoms with van der Waals surface area (Å²) in [7, 11) is 1.50. The molecule has 0 heterocycles. The first-order valence-electron chi connectivity index (χ1n) is 7.12. The molecule has 2 N–H and O–H groups in total. The molecule has 0 radical (unpaired) electrons. The first-order chi connectivity index (χ1) is 11.5. The molecule has 0 spiro atoms. The summed E-state index contributed by atoms with van der Waals surface area (Å²) in [6, 6.07) is 10.2. The fourth-order valence-corrected chi connectivity index (χ4v) is 1.87. The van der Waals surface area contributed by atoms with Gasteiger partial charge in [-0.05, 0) is 48.9 Å². The van der Waals surface area contributed by atoms with Gasteiger partial charge in [0.2, 0.25) is 0 Å². The first-order valence-corrected chi connectivity index (χ1v) is 7.12. The van der Waals surface area contributed by atoms with Gasteiger partial charge in [-0.25, -0.2) is 4.39 Å². The van der Waals surface area contributed by atoms with E-state index in [0.29, 0.717) is 11.5 Å². The van der Waals surface area contributed by atoms with E-state index >= 15 is 0 Å². The number of hydrazine groups is 1. The Morgan fingerprint density at radius 2 is 1.75 bits per heavy atom. The third-order valence-corrected chi connectivity index (χ3v) is 3.10. The lowest BCUT2D eigenvalue weighted by Gasteiger charge is -2.12. The van der Waals surface area contributed by atoms with Crippen molar-refractivity contribution >= 4 is 11.8 Å². The van der Waals surface area contributed by atoms with Gasteiger partial charge in [0.05, 0.1) is 7.11 Å². The maximum Gasteiger partial charge on any atom is 0.276 e. The van der Waals surface area contributed by atoms with Crippen molar-refractivity contribution in [3.63, 3.8) is 0 Å². The lowest BCUT2D eigenvalue weighted by molar-refractivity contribution is -0.123. The minimum Gasteiger partial charge on any atom is -0.493 e. The predicted molar refractivity (Wildman–Crippen MR) is 85.2 cm³/mol. The number of hydrogen-bond donors (Lipinski definition) is 2. The summed E-state index contributed by atoms with van der Waals surface area (Å²) in [5, 5.41) is 0. The highest BCUT2D eigenvalue weighted by Gasteiger charge is 2.10. The van der Waals surface area contributed by atoms with E-state index in [1.807, 2.05) is 13.0 Å². The molecule has 2 aromatic carbocycles. The number of carbonyl (C=O) groups excluding carboxylic acids is 2. The fourth-order valence-electron chi connectivity index (χ4n) is 1.87. The Morgan fingerprint density at radius 1 is 1.04 bits per heavy atom. The topological polar surface area (TPSA) is 76.7 Å². The molecule has 2 rings (SSSR count). The molecule has 0 aliphatic heterocycles. The minimum atomic E-state index is -0.559. The van der Waals surface area contributed by atoms with Gasteiger partial charge >= 0.3 is 0 Å². The van der Waals surface area contributed by atoms with Crippen molar-refractivity contribution in [2.24, 2.45) is 0 Å². The van der Waals surface area contributed by atoms with Gasteiger partial charge in [0.25, 0.3) is 11.8 Å². The molecular weight excluding hydrogens is 315 g/mol. The van der Waals surface area contributed by atoms with Crippen LogP contribution in [0.1, 0.15) is 15.9 Å². The Morgan fingerprint density at radius 3 is 2.42 bits per heavy atom. The van der Waals surface area contributed by atoms with Gasteiger partial charge < -0.3 is 9.47 Å². The zero-order chi connectivity index (χ0) is 17.5. The summed E-state index contributed by atoms with van der Waals surface area (Å²) in [6.07, 6.45) is 0. The molecular formula is C17H17FN2O4. The number of aryl methyl sites for hydroxylation is 1. The SMILES string of the molecule is COc1cc(C)ccc1OCC(=O)NNC(=O)c1ccc(F)cc1. The number of ether oxygens (including phenoxy) is 2. The van der Waals surface area contributed by atoms with E-state index in [1.165, 1.54) is 19.2 Å². The van der Waals surface area contributed by atoms with E-state index in [9.17, 15) is 14.0 Å². The van der Waals surface area contributed by atoms with Crippen molar-refractivity contribution in [1.82, 2.24) is 10.9 Å². The fraction of sp³-hybridized carbons (Fsp3) is 0.176. The van der Waals surface area contributed by atoms with E-state index < -0.39 is 17.6 Å². The summed E-state index contributed by atoms with van der Waals surface area (Å²) in [5.74, 6) is -0.623. The number of amides is 2. The van der Waals surface area contributed by atoms with Crippen LogP contribution in [0.25, 0.3) is 0 Å². The van der Waals surface area contributed by atoms with Crippen LogP contribution in [0.3, 0.4) is 0 Å². The number of halogens is 1. The van der Waals surface area contributed by atoms with E-state index in [-0.39, 0.29) is 12.2 Å². The number of methoxy groups -OCH3 is 1. The van der Waals surface area contributed by atoms with Crippen LogP contribution in [0, 0.1) is 12.7 Å². The average Bonchev–Trinajstić information content (AvgIpc) is 2.59. The minimum absolute atomic E-state index is 0.220. The van der Waals surface area contributed by atoms with Crippen LogP contribution in [0.15, 0.2) is 42.5 Å². The van der Waals surface area contributed by atoms with Crippen molar-refractivity contribution in [3.05, 3.63) is 59.4 Å². The van der Waals surface area contributed by atoms with Gasteiger partial charge in [0, 0.05) is 5.56 Å². The first kappa shape index (κ1) is 17.3. The molecule has 0 aromatic heterocycles. The molecule has 126 valence electrons. The summed E-state index contributed by atoms with van der Waals surface area (Å²) >= 11 is 0. The van der Waals surface area contributed by atoms with Gasteiger partial charge in [0.1, 0.15) is 5.82 Å². The van der Waals surface area contributed by atoms with E-state index in [4.69, 9.17) is 9.47 Å². The quantitative estimate of drug-likeness (QED) is 0.821. The second-order valence-electron chi connectivity index (χ2n) is 4.95. The van der Waals surface area contributed by atoms with Gasteiger partial charge in [-0.15, -0.1) is 0 Å². The third-order valence-electron chi connectivity index (χ3n) is 3.10. The van der Waals surface area contributed by atoms with Crippen molar-refractivity contribution in [3.8, 4) is 11.5 Å². The Labute approximate surface area is 138 Å². The van der Waals surface area contributed by atoms with Crippen LogP contribution < -0.4 is 20.3 Å². The molecule has 7 heteroatoms. The Balaban J connectivity index is 1.83. The number of rotatable bonds is 5. The molecule has 24 heavy (non-hydrogen) atoms. The summed E-state index contributed by atoms with van der Waals surface area (Å²) in [5.41, 5.74) is 5.65. The molecule has 0 aliphatic carbocycles. The molecule has 2 aromatic rings. The normalized spacial score (nSPS) is 9.96. The highest BCUT2D eigenvalue weighted by molar-refractivity contribution is 5.95. The van der Waals surface area contributed by atoms with Crippen LogP contribution in [-0.2, 0) is 4.79 Å². The second-order valence-corrected chi connectivity index (χ2v) is 4.95. The smallest absolute Gasteiger partial charge is 0.276 e. The monoisotopic (exact) mass is 332 g/mol. The number of nitrogens with one attached hydrogen (secondary N) is 2. The highest BCUT2D eigenvalue weighted by Crippen LogP contribution is 2.27. The van der Waals surface area contributed by atoms with Gasteiger partial charge in [0.15, 0.2) is 18.1 Å². The van der Waals surface area contributed by atoms with E-state index in [0.717, 1.165) is 17.7 Å². The zero-order valence-electron chi connectivity index (χ0n) is 13.3. The van der Waals surface area contributed by atoms with Crippen molar-refractivity contribution < 1.29 is 23.5 Å². The van der Waals surface area contributed by atoms with Crippen LogP contribution in [0.5, 0.6) is 11.5 Å². The van der Waals surface area contributed by atoms with Crippen molar-refractivity contribution in [1.29, 1.82) is 0 Å². The van der Waals surface area contributed by atoms with Crippen LogP contribution in [-0.4, -0.2) is 25.5 Å². The molecule has 0 aliphatic rings. The maximum atomic E-state index is 12.8.